The molecule has 0 amide bonds. The van der Waals surface area contributed by atoms with E-state index in [0.29, 0.717) is 49.8 Å². The molecule has 0 spiro atoms. The first kappa shape index (κ1) is 33.5. The predicted octanol–water partition coefficient (Wildman–Crippen LogP) is 5.73. The molecule has 0 unspecified atom stereocenters. The summed E-state index contributed by atoms with van der Waals surface area (Å²) in [5.74, 6) is 1.11. The molecule has 14 heteroatoms. The van der Waals surface area contributed by atoms with Crippen LogP contribution in [0.4, 0.5) is 5.95 Å². The Morgan fingerprint density at radius 2 is 1.68 bits per heavy atom. The Hall–Kier alpha value is -3.36. The summed E-state index contributed by atoms with van der Waals surface area (Å²) < 4.78 is 38.5. The van der Waals surface area contributed by atoms with Gasteiger partial charge < -0.3 is 9.50 Å². The van der Waals surface area contributed by atoms with E-state index in [2.05, 4.69) is 15.4 Å². The zero-order chi connectivity index (χ0) is 31.7. The molecule has 2 fully saturated rings. The molecule has 44 heavy (non-hydrogen) atoms. The van der Waals surface area contributed by atoms with E-state index >= 15 is 0 Å². The third-order valence-corrected chi connectivity index (χ3v) is 10.1. The first-order chi connectivity index (χ1) is 21.4. The number of piperidine rings is 1. The fourth-order valence-corrected chi connectivity index (χ4v) is 7.50. The second-order valence-corrected chi connectivity index (χ2v) is 12.7. The molecule has 1 aliphatic carbocycles. The minimum Gasteiger partial charge on any atom is -0.404 e. The van der Waals surface area contributed by atoms with E-state index < -0.39 is 10.0 Å². The number of hydrogen-bond donors (Lipinski definition) is 1. The summed E-state index contributed by atoms with van der Waals surface area (Å²) in [6, 6.07) is 9.41. The lowest BCUT2D eigenvalue weighted by atomic mass is 10.1. The molecular weight excluding hydrogens is 601 g/mol. The Bertz CT molecular complexity index is 1640. The third-order valence-electron chi connectivity index (χ3n) is 7.63. The Labute approximate surface area is 264 Å². The largest absolute Gasteiger partial charge is 0.404 e. The summed E-state index contributed by atoms with van der Waals surface area (Å²) in [5.41, 5.74) is 1.39. The van der Waals surface area contributed by atoms with Gasteiger partial charge >= 0.3 is 5.69 Å². The number of aryl methyl sites for hydroxylation is 1. The van der Waals surface area contributed by atoms with Crippen LogP contribution in [0.1, 0.15) is 79.2 Å². The van der Waals surface area contributed by atoms with Gasteiger partial charge in [-0.2, -0.15) is 18.5 Å². The molecule has 1 saturated carbocycles. The number of fused-ring (bicyclic) bond motifs is 1. The van der Waals surface area contributed by atoms with E-state index in [4.69, 9.17) is 9.17 Å². The van der Waals surface area contributed by atoms with Crippen LogP contribution in [0.5, 0.6) is 5.75 Å². The first-order valence-corrected chi connectivity index (χ1v) is 17.8. The number of nitrogens with zero attached hydrogens (tertiary/aromatic N) is 7. The molecule has 1 N–H and O–H groups in total. The summed E-state index contributed by atoms with van der Waals surface area (Å²) >= 11 is 0.948. The molecule has 1 aromatic carbocycles. The second-order valence-electron chi connectivity index (χ2n) is 10.1. The zero-order valence-corrected chi connectivity index (χ0v) is 27.9. The van der Waals surface area contributed by atoms with Crippen molar-refractivity contribution >= 4 is 39.4 Å². The summed E-state index contributed by atoms with van der Waals surface area (Å²) in [6.07, 6.45) is 9.94. The Morgan fingerprint density at radius 3 is 2.34 bits per heavy atom. The Balaban J connectivity index is 0.00000106. The summed E-state index contributed by atoms with van der Waals surface area (Å²) in [6.45, 7) is 11.2. The average Bonchev–Trinajstić information content (AvgIpc) is 3.82. The molecular formula is C30H44N8O4S2. The van der Waals surface area contributed by atoms with Gasteiger partial charge in [0.2, 0.25) is 28.2 Å². The van der Waals surface area contributed by atoms with Gasteiger partial charge in [-0.25, -0.2) is 18.2 Å². The molecule has 6 rings (SSSR count). The van der Waals surface area contributed by atoms with Gasteiger partial charge in [0.15, 0.2) is 5.65 Å². The molecule has 4 heterocycles. The predicted molar refractivity (Wildman–Crippen MR) is 175 cm³/mol. The number of para-hydroxylation sites is 1. The Kier molecular flexibility index (Phi) is 11.9. The van der Waals surface area contributed by atoms with Crippen molar-refractivity contribution in [3.05, 3.63) is 59.4 Å². The summed E-state index contributed by atoms with van der Waals surface area (Å²) in [7, 11) is -3.69. The van der Waals surface area contributed by atoms with Crippen LogP contribution in [0.25, 0.3) is 11.2 Å². The van der Waals surface area contributed by atoms with Crippen LogP contribution < -0.4 is 15.2 Å². The molecule has 240 valence electrons. The highest BCUT2D eigenvalue weighted by Crippen LogP contribution is 2.31. The van der Waals surface area contributed by atoms with Crippen molar-refractivity contribution in [3.8, 4) is 5.75 Å². The van der Waals surface area contributed by atoms with Gasteiger partial charge in [-0.05, 0) is 44.7 Å². The lowest BCUT2D eigenvalue weighted by Gasteiger charge is -2.31. The van der Waals surface area contributed by atoms with Gasteiger partial charge in [-0.3, -0.25) is 9.13 Å². The van der Waals surface area contributed by atoms with Crippen molar-refractivity contribution in [1.82, 2.24) is 32.6 Å². The number of rotatable bonds is 9. The maximum atomic E-state index is 13.3. The van der Waals surface area contributed by atoms with Crippen LogP contribution in [0.15, 0.2) is 58.6 Å². The van der Waals surface area contributed by atoms with Crippen LogP contribution >= 0.6 is 12.2 Å². The van der Waals surface area contributed by atoms with Crippen LogP contribution in [0.2, 0.25) is 0 Å². The number of anilines is 1. The Morgan fingerprint density at radius 1 is 1.00 bits per heavy atom. The van der Waals surface area contributed by atoms with Gasteiger partial charge in [0.05, 0.1) is 18.6 Å². The van der Waals surface area contributed by atoms with Crippen LogP contribution in [-0.2, 0) is 16.6 Å². The van der Waals surface area contributed by atoms with E-state index in [0.717, 1.165) is 43.4 Å². The van der Waals surface area contributed by atoms with Crippen molar-refractivity contribution in [2.45, 2.75) is 96.7 Å². The molecule has 12 nitrogen and oxygen atoms in total. The standard InChI is InChI=1S/C26H32N8O4S2.2C2H6/c1-2-32-23-17-27-25(30-24(23)34(26(32)35)20-8-6-7-9-20)29-19-12-14-31(15-13-19)40(36,37)22-16-28-33(18-22)39-38-21-10-4-3-5-11-21;2*1-2/h3-5,10-11,16-20H,2,6-9,12-15H2,1H3,(H,27,29,30);2*1-2H3. The number of hydrogen-bond acceptors (Lipinski definition) is 9. The van der Waals surface area contributed by atoms with Gasteiger partial charge in [-0.15, -0.1) is 0 Å². The second kappa shape index (κ2) is 15.6. The maximum Gasteiger partial charge on any atom is 0.330 e. The van der Waals surface area contributed by atoms with Crippen LogP contribution in [0, 0.1) is 0 Å². The first-order valence-electron chi connectivity index (χ1n) is 15.6. The summed E-state index contributed by atoms with van der Waals surface area (Å²) in [5, 5.41) is 7.51. The topological polar surface area (TPSA) is 129 Å². The van der Waals surface area contributed by atoms with Gasteiger partial charge in [0.1, 0.15) is 16.2 Å². The minimum absolute atomic E-state index is 0.0152. The molecule has 2 aliphatic rings. The van der Waals surface area contributed by atoms with E-state index in [1.807, 2.05) is 69.5 Å². The van der Waals surface area contributed by atoms with Gasteiger partial charge in [0, 0.05) is 31.7 Å². The number of sulfonamides is 1. The maximum absolute atomic E-state index is 13.3. The fraction of sp³-hybridized carbons (Fsp3) is 0.533. The van der Waals surface area contributed by atoms with Crippen molar-refractivity contribution in [2.24, 2.45) is 0 Å². The lowest BCUT2D eigenvalue weighted by molar-refractivity contribution is 0.329. The highest BCUT2D eigenvalue weighted by Gasteiger charge is 2.31. The number of aromatic nitrogens is 6. The smallest absolute Gasteiger partial charge is 0.330 e. The van der Waals surface area contributed by atoms with E-state index in [-0.39, 0.29) is 22.7 Å². The molecule has 3 aromatic heterocycles. The monoisotopic (exact) mass is 644 g/mol. The molecule has 1 aliphatic heterocycles. The molecule has 4 aromatic rings. The fourth-order valence-electron chi connectivity index (χ4n) is 5.52. The quantitative estimate of drug-likeness (QED) is 0.227. The minimum atomic E-state index is -3.69. The number of benzene rings is 1. The van der Waals surface area contributed by atoms with Crippen molar-refractivity contribution in [2.75, 3.05) is 18.4 Å². The van der Waals surface area contributed by atoms with Crippen molar-refractivity contribution < 1.29 is 12.6 Å². The average molecular weight is 645 g/mol. The van der Waals surface area contributed by atoms with Crippen LogP contribution in [0.3, 0.4) is 0 Å². The highest BCUT2D eigenvalue weighted by molar-refractivity contribution is 7.93. The lowest BCUT2D eigenvalue weighted by Crippen LogP contribution is -2.42. The van der Waals surface area contributed by atoms with Gasteiger partial charge in [-0.1, -0.05) is 58.7 Å². The summed E-state index contributed by atoms with van der Waals surface area (Å²) in [4.78, 5) is 22.5. The van der Waals surface area contributed by atoms with E-state index in [9.17, 15) is 13.2 Å². The van der Waals surface area contributed by atoms with Crippen molar-refractivity contribution in [3.63, 3.8) is 0 Å². The van der Waals surface area contributed by atoms with Crippen molar-refractivity contribution in [1.29, 1.82) is 0 Å². The zero-order valence-electron chi connectivity index (χ0n) is 26.2. The highest BCUT2D eigenvalue weighted by atomic mass is 32.2. The normalized spacial score (nSPS) is 16.2. The molecule has 1 saturated heterocycles. The van der Waals surface area contributed by atoms with E-state index in [1.54, 1.807) is 10.8 Å². The molecule has 0 atom stereocenters. The van der Waals surface area contributed by atoms with E-state index in [1.165, 1.54) is 20.8 Å². The molecule has 0 radical (unpaired) electrons. The number of imidazole rings is 1. The SMILES string of the molecule is CC.CC.CCn1c(=O)n(C2CCCC2)c2nc(NC3CCN(S(=O)(=O)c4cnn(SOc5ccccc5)c4)CC3)ncc21. The third kappa shape index (κ3) is 7.29. The molecule has 0 bridgehead atoms. The van der Waals surface area contributed by atoms with Crippen LogP contribution in [-0.4, -0.2) is 60.1 Å². The number of nitrogens with one attached hydrogen (secondary N) is 1. The van der Waals surface area contributed by atoms with Gasteiger partial charge in [0.25, 0.3) is 0 Å².